The van der Waals surface area contributed by atoms with Crippen molar-refractivity contribution in [1.82, 2.24) is 24.3 Å². The lowest BCUT2D eigenvalue weighted by Gasteiger charge is -2.19. The molecule has 0 atom stereocenters. The molecule has 0 saturated heterocycles. The molecule has 0 bridgehead atoms. The molecule has 3 heterocycles. The van der Waals surface area contributed by atoms with Crippen molar-refractivity contribution in [3.63, 3.8) is 0 Å². The molecule has 43 heavy (non-hydrogen) atoms. The zero-order valence-electron chi connectivity index (χ0n) is 21.3. The van der Waals surface area contributed by atoms with Crippen LogP contribution in [-0.2, 0) is 19.7 Å². The Hall–Kier alpha value is -4.52. The van der Waals surface area contributed by atoms with E-state index in [2.05, 4.69) is 15.1 Å². The largest absolute Gasteiger partial charge is 0.469 e. The van der Waals surface area contributed by atoms with Crippen molar-refractivity contribution in [1.29, 1.82) is 0 Å². The molecule has 0 amide bonds. The summed E-state index contributed by atoms with van der Waals surface area (Å²) in [6.07, 6.45) is -5.36. The molecule has 0 N–H and O–H groups in total. The summed E-state index contributed by atoms with van der Waals surface area (Å²) in [5.41, 5.74) is -2.07. The van der Waals surface area contributed by atoms with Crippen LogP contribution in [0, 0.1) is 5.82 Å². The van der Waals surface area contributed by atoms with Gasteiger partial charge in [0, 0.05) is 0 Å². The molecule has 0 spiro atoms. The van der Waals surface area contributed by atoms with Gasteiger partial charge < -0.3 is 4.42 Å². The van der Waals surface area contributed by atoms with Crippen molar-refractivity contribution in [3.8, 4) is 23.1 Å². The van der Waals surface area contributed by atoms with Crippen molar-refractivity contribution < 1.29 is 47.6 Å². The first kappa shape index (κ1) is 30.0. The number of oxazole rings is 1. The van der Waals surface area contributed by atoms with E-state index < -0.39 is 75.3 Å². The molecule has 0 fully saturated rings. The van der Waals surface area contributed by atoms with E-state index >= 15 is 0 Å². The summed E-state index contributed by atoms with van der Waals surface area (Å²) in [5.74, 6) is -1.94. The average Bonchev–Trinajstić information content (AvgIpc) is 3.55. The maximum atomic E-state index is 13.8. The number of sulfone groups is 2. The molecule has 226 valence electrons. The predicted molar refractivity (Wildman–Crippen MR) is 136 cm³/mol. The fourth-order valence-corrected chi connectivity index (χ4v) is 5.98. The second-order valence-electron chi connectivity index (χ2n) is 8.76. The van der Waals surface area contributed by atoms with Crippen LogP contribution in [0.2, 0.25) is 0 Å². The summed E-state index contributed by atoms with van der Waals surface area (Å²) in [7, 11) is -10.3. The van der Waals surface area contributed by atoms with Crippen LogP contribution in [0.1, 0.15) is 6.92 Å². The smallest absolute Gasteiger partial charge is 0.435 e. The Morgan fingerprint density at radius 1 is 0.930 bits per heavy atom. The van der Waals surface area contributed by atoms with E-state index in [9.17, 15) is 48.0 Å². The van der Waals surface area contributed by atoms with Crippen LogP contribution in [0.15, 0.2) is 79.9 Å². The SMILES string of the molecule is CCS(=O)(=O)c1ccc(-n2ncn(-c3cccc(F)c3)c2=O)nc1-c1nc2cc(S(=O)(=O)C(F)(F)C(F)(F)F)ccc2o1. The van der Waals surface area contributed by atoms with Crippen LogP contribution >= 0.6 is 0 Å². The normalized spacial score (nSPS) is 13.1. The highest BCUT2D eigenvalue weighted by Crippen LogP contribution is 2.43. The van der Waals surface area contributed by atoms with Crippen molar-refractivity contribution in [2.24, 2.45) is 0 Å². The van der Waals surface area contributed by atoms with Crippen molar-refractivity contribution in [2.45, 2.75) is 28.1 Å². The summed E-state index contributed by atoms with van der Waals surface area (Å²) >= 11 is 0. The molecule has 0 unspecified atom stereocenters. The lowest BCUT2D eigenvalue weighted by atomic mass is 10.3. The number of hydrogen-bond donors (Lipinski definition) is 0. The quantitative estimate of drug-likeness (QED) is 0.238. The van der Waals surface area contributed by atoms with E-state index in [0.717, 1.165) is 45.9 Å². The Labute approximate surface area is 236 Å². The molecule has 0 aliphatic rings. The summed E-state index contributed by atoms with van der Waals surface area (Å²) in [6, 6.07) is 8.77. The van der Waals surface area contributed by atoms with Gasteiger partial charge in [0.05, 0.1) is 21.2 Å². The number of pyridine rings is 1. The van der Waals surface area contributed by atoms with Gasteiger partial charge in [-0.2, -0.15) is 31.7 Å². The molecule has 5 rings (SSSR count). The van der Waals surface area contributed by atoms with Gasteiger partial charge in [0.15, 0.2) is 21.2 Å². The highest BCUT2D eigenvalue weighted by atomic mass is 32.2. The third-order valence-electron chi connectivity index (χ3n) is 6.07. The molecule has 0 aliphatic heterocycles. The van der Waals surface area contributed by atoms with Crippen LogP contribution in [0.5, 0.6) is 0 Å². The van der Waals surface area contributed by atoms with Gasteiger partial charge >= 0.3 is 17.1 Å². The molecule has 3 aromatic heterocycles. The van der Waals surface area contributed by atoms with Gasteiger partial charge in [-0.15, -0.1) is 0 Å². The molecule has 19 heteroatoms. The second kappa shape index (κ2) is 10.0. The Bertz CT molecular complexity index is 2170. The minimum Gasteiger partial charge on any atom is -0.435 e. The summed E-state index contributed by atoms with van der Waals surface area (Å²) < 4.78 is 137. The highest BCUT2D eigenvalue weighted by molar-refractivity contribution is 7.92. The Balaban J connectivity index is 1.66. The monoisotopic (exact) mass is 647 g/mol. The number of aromatic nitrogens is 5. The number of benzene rings is 2. The maximum absolute atomic E-state index is 13.8. The van der Waals surface area contributed by atoms with Gasteiger partial charge in [0.25, 0.3) is 9.84 Å². The van der Waals surface area contributed by atoms with Crippen LogP contribution in [0.4, 0.5) is 26.3 Å². The molecular formula is C24H15F6N5O6S2. The Kier molecular flexibility index (Phi) is 6.99. The molecular weight excluding hydrogens is 632 g/mol. The van der Waals surface area contributed by atoms with Crippen molar-refractivity contribution in [3.05, 3.63) is 77.2 Å². The number of fused-ring (bicyclic) bond motifs is 1. The van der Waals surface area contributed by atoms with Gasteiger partial charge in [-0.05, 0) is 48.5 Å². The van der Waals surface area contributed by atoms with Crippen LogP contribution in [-0.4, -0.2) is 58.3 Å². The first-order chi connectivity index (χ1) is 20.0. The van der Waals surface area contributed by atoms with E-state index in [4.69, 9.17) is 4.42 Å². The number of nitrogens with zero attached hydrogens (tertiary/aromatic N) is 5. The number of rotatable bonds is 7. The molecule has 0 saturated carbocycles. The lowest BCUT2D eigenvalue weighted by molar-refractivity contribution is -0.241. The standard InChI is InChI=1S/C24H15F6N5O6S2/c1-2-42(37,38)18-8-9-19(35-22(36)34(12-31-35)14-5-3-4-13(25)10-14)33-20(18)21-32-16-11-15(6-7-17(16)41-21)43(39,40)24(29,30)23(26,27)28/h3-12H,2H2,1H3. The predicted octanol–water partition coefficient (Wildman–Crippen LogP) is 4.09. The maximum Gasteiger partial charge on any atom is 0.469 e. The van der Waals surface area contributed by atoms with Gasteiger partial charge in [-0.1, -0.05) is 13.0 Å². The average molecular weight is 648 g/mol. The van der Waals surface area contributed by atoms with Crippen molar-refractivity contribution >= 4 is 30.8 Å². The van der Waals surface area contributed by atoms with E-state index in [-0.39, 0.29) is 17.1 Å². The fraction of sp³-hybridized carbons (Fsp3) is 0.167. The van der Waals surface area contributed by atoms with Crippen molar-refractivity contribution in [2.75, 3.05) is 5.75 Å². The third kappa shape index (κ3) is 4.97. The number of hydrogen-bond acceptors (Lipinski definition) is 9. The van der Waals surface area contributed by atoms with Crippen LogP contribution in [0.25, 0.3) is 34.2 Å². The van der Waals surface area contributed by atoms with Crippen LogP contribution < -0.4 is 5.69 Å². The van der Waals surface area contributed by atoms with E-state index in [0.29, 0.717) is 12.1 Å². The molecule has 2 aromatic carbocycles. The minimum absolute atomic E-state index is 0.113. The molecule has 0 aliphatic carbocycles. The zero-order valence-corrected chi connectivity index (χ0v) is 22.9. The summed E-state index contributed by atoms with van der Waals surface area (Å²) in [4.78, 5) is 19.2. The van der Waals surface area contributed by atoms with E-state index in [1.54, 1.807) is 0 Å². The van der Waals surface area contributed by atoms with Gasteiger partial charge in [0.2, 0.25) is 5.89 Å². The highest BCUT2D eigenvalue weighted by Gasteiger charge is 2.67. The Morgan fingerprint density at radius 3 is 2.30 bits per heavy atom. The van der Waals surface area contributed by atoms with Gasteiger partial charge in [0.1, 0.15) is 23.4 Å². The third-order valence-corrected chi connectivity index (χ3v) is 9.61. The van der Waals surface area contributed by atoms with E-state index in [1.165, 1.54) is 19.1 Å². The van der Waals surface area contributed by atoms with Crippen LogP contribution in [0.3, 0.4) is 0 Å². The molecule has 0 radical (unpaired) electrons. The lowest BCUT2D eigenvalue weighted by Crippen LogP contribution is -2.43. The molecule has 11 nitrogen and oxygen atoms in total. The van der Waals surface area contributed by atoms with Gasteiger partial charge in [-0.3, -0.25) is 0 Å². The van der Waals surface area contributed by atoms with E-state index in [1.807, 2.05) is 0 Å². The minimum atomic E-state index is -6.41. The fourth-order valence-electron chi connectivity index (χ4n) is 3.85. The molecule has 5 aromatic rings. The first-order valence-electron chi connectivity index (χ1n) is 11.7. The number of halogens is 6. The second-order valence-corrected chi connectivity index (χ2v) is 13.0. The van der Waals surface area contributed by atoms with Gasteiger partial charge in [-0.25, -0.2) is 40.6 Å². The first-order valence-corrected chi connectivity index (χ1v) is 14.9. The zero-order chi connectivity index (χ0) is 31.5. The summed E-state index contributed by atoms with van der Waals surface area (Å²) in [6.45, 7) is 1.31. The Morgan fingerprint density at radius 2 is 1.65 bits per heavy atom. The summed E-state index contributed by atoms with van der Waals surface area (Å²) in [5, 5.41) is -2.21. The number of alkyl halides is 5. The topological polar surface area (TPSA) is 147 Å².